The van der Waals surface area contributed by atoms with E-state index >= 15 is 0 Å². The molecule has 1 N–H and O–H groups in total. The molecule has 3 rings (SSSR count). The Kier molecular flexibility index (Phi) is 7.25. The van der Waals surface area contributed by atoms with Gasteiger partial charge in [0.1, 0.15) is 11.6 Å². The van der Waals surface area contributed by atoms with Crippen LogP contribution >= 0.6 is 0 Å². The van der Waals surface area contributed by atoms with E-state index in [-0.39, 0.29) is 5.91 Å². The van der Waals surface area contributed by atoms with Gasteiger partial charge in [0, 0.05) is 45.3 Å². The van der Waals surface area contributed by atoms with E-state index in [2.05, 4.69) is 27.1 Å². The first-order valence-corrected chi connectivity index (χ1v) is 9.95. The molecule has 28 heavy (non-hydrogen) atoms. The quantitative estimate of drug-likeness (QED) is 0.712. The summed E-state index contributed by atoms with van der Waals surface area (Å²) in [5.41, 5.74) is 2.13. The van der Waals surface area contributed by atoms with Crippen molar-refractivity contribution < 1.29 is 9.53 Å². The molecule has 1 aliphatic rings. The largest absolute Gasteiger partial charge is 0.493 e. The number of pyridine rings is 1. The van der Waals surface area contributed by atoms with Crippen molar-refractivity contribution in [1.29, 1.82) is 0 Å². The van der Waals surface area contributed by atoms with E-state index in [1.165, 1.54) is 0 Å². The summed E-state index contributed by atoms with van der Waals surface area (Å²) in [5, 5.41) is 2.96. The minimum absolute atomic E-state index is 0.0385. The Balaban J connectivity index is 1.34. The minimum atomic E-state index is 0.0385. The van der Waals surface area contributed by atoms with E-state index in [4.69, 9.17) is 4.74 Å². The summed E-state index contributed by atoms with van der Waals surface area (Å²) in [6, 6.07) is 12.0. The van der Waals surface area contributed by atoms with Crippen LogP contribution < -0.4 is 15.0 Å². The molecule has 0 aliphatic carbocycles. The van der Waals surface area contributed by atoms with E-state index in [1.807, 2.05) is 49.5 Å². The molecule has 0 unspecified atom stereocenters. The Labute approximate surface area is 167 Å². The number of likely N-dealkylation sites (N-methyl/N-ethyl adjacent to an activating group) is 1. The SMILES string of the molecule is Cc1ccccc1OCCCC(=O)NCc1ccc(N2CCN(C)CC2)nc1. The molecule has 0 bridgehead atoms. The minimum Gasteiger partial charge on any atom is -0.493 e. The molecule has 0 radical (unpaired) electrons. The van der Waals surface area contributed by atoms with E-state index < -0.39 is 0 Å². The second-order valence-corrected chi connectivity index (χ2v) is 7.31. The Morgan fingerprint density at radius 2 is 1.93 bits per heavy atom. The van der Waals surface area contributed by atoms with Crippen LogP contribution in [-0.2, 0) is 11.3 Å². The van der Waals surface area contributed by atoms with Gasteiger partial charge in [-0.3, -0.25) is 4.79 Å². The van der Waals surface area contributed by atoms with Gasteiger partial charge in [-0.25, -0.2) is 4.98 Å². The zero-order valence-electron chi connectivity index (χ0n) is 16.9. The van der Waals surface area contributed by atoms with Crippen molar-refractivity contribution in [1.82, 2.24) is 15.2 Å². The standard InChI is InChI=1S/C22H30N4O2/c1-18-6-3-4-7-20(18)28-15-5-8-22(27)24-17-19-9-10-21(23-16-19)26-13-11-25(2)12-14-26/h3-4,6-7,9-10,16H,5,8,11-15,17H2,1-2H3,(H,24,27). The van der Waals surface area contributed by atoms with Crippen LogP contribution in [0.3, 0.4) is 0 Å². The van der Waals surface area contributed by atoms with Crippen LogP contribution in [0.4, 0.5) is 5.82 Å². The number of para-hydroxylation sites is 1. The lowest BCUT2D eigenvalue weighted by atomic mass is 10.2. The number of ether oxygens (including phenoxy) is 1. The first-order valence-electron chi connectivity index (χ1n) is 9.95. The molecule has 6 nitrogen and oxygen atoms in total. The Morgan fingerprint density at radius 3 is 2.64 bits per heavy atom. The number of aromatic nitrogens is 1. The molecule has 0 saturated carbocycles. The van der Waals surface area contributed by atoms with Gasteiger partial charge in [0.15, 0.2) is 0 Å². The molecule has 1 aromatic heterocycles. The van der Waals surface area contributed by atoms with Crippen molar-refractivity contribution in [3.8, 4) is 5.75 Å². The van der Waals surface area contributed by atoms with Crippen LogP contribution in [-0.4, -0.2) is 55.6 Å². The van der Waals surface area contributed by atoms with Gasteiger partial charge >= 0.3 is 0 Å². The van der Waals surface area contributed by atoms with Crippen LogP contribution in [0.15, 0.2) is 42.6 Å². The number of amides is 1. The lowest BCUT2D eigenvalue weighted by molar-refractivity contribution is -0.121. The number of hydrogen-bond acceptors (Lipinski definition) is 5. The van der Waals surface area contributed by atoms with Crippen molar-refractivity contribution in [3.63, 3.8) is 0 Å². The van der Waals surface area contributed by atoms with Crippen molar-refractivity contribution in [2.45, 2.75) is 26.3 Å². The number of aryl methyl sites for hydroxylation is 1. The highest BCUT2D eigenvalue weighted by Crippen LogP contribution is 2.16. The van der Waals surface area contributed by atoms with Gasteiger partial charge < -0.3 is 19.9 Å². The van der Waals surface area contributed by atoms with Gasteiger partial charge in [0.2, 0.25) is 5.91 Å². The van der Waals surface area contributed by atoms with Crippen LogP contribution in [0.2, 0.25) is 0 Å². The summed E-state index contributed by atoms with van der Waals surface area (Å²) in [4.78, 5) is 21.2. The van der Waals surface area contributed by atoms with E-state index in [9.17, 15) is 4.79 Å². The average Bonchev–Trinajstić information content (AvgIpc) is 2.72. The summed E-state index contributed by atoms with van der Waals surface area (Å²) < 4.78 is 5.73. The fourth-order valence-corrected chi connectivity index (χ4v) is 3.17. The molecule has 150 valence electrons. The summed E-state index contributed by atoms with van der Waals surface area (Å²) in [6.45, 7) is 7.20. The monoisotopic (exact) mass is 382 g/mol. The molecule has 0 atom stereocenters. The normalized spacial score (nSPS) is 14.7. The highest BCUT2D eigenvalue weighted by molar-refractivity contribution is 5.75. The number of nitrogens with one attached hydrogen (secondary N) is 1. The number of nitrogens with zero attached hydrogens (tertiary/aromatic N) is 3. The summed E-state index contributed by atoms with van der Waals surface area (Å²) in [6.07, 6.45) is 3.01. The van der Waals surface area contributed by atoms with Gasteiger partial charge in [-0.2, -0.15) is 0 Å². The number of rotatable bonds is 8. The second-order valence-electron chi connectivity index (χ2n) is 7.31. The predicted octanol–water partition coefficient (Wildman–Crippen LogP) is 2.62. The number of hydrogen-bond donors (Lipinski definition) is 1. The third kappa shape index (κ3) is 5.96. The van der Waals surface area contributed by atoms with Gasteiger partial charge in [-0.15, -0.1) is 0 Å². The molecular formula is C22H30N4O2. The van der Waals surface area contributed by atoms with Crippen molar-refractivity contribution in [2.75, 3.05) is 44.7 Å². The Hall–Kier alpha value is -2.60. The van der Waals surface area contributed by atoms with E-state index in [1.54, 1.807) is 0 Å². The van der Waals surface area contributed by atoms with E-state index in [0.717, 1.165) is 48.9 Å². The molecule has 1 fully saturated rings. The topological polar surface area (TPSA) is 57.7 Å². The fourth-order valence-electron chi connectivity index (χ4n) is 3.17. The third-order valence-corrected chi connectivity index (χ3v) is 5.03. The maximum atomic E-state index is 12.0. The molecule has 6 heteroatoms. The number of piperazine rings is 1. The first kappa shape index (κ1) is 20.1. The summed E-state index contributed by atoms with van der Waals surface area (Å²) in [5.74, 6) is 1.93. The fraction of sp³-hybridized carbons (Fsp3) is 0.455. The maximum Gasteiger partial charge on any atom is 0.220 e. The maximum absolute atomic E-state index is 12.0. The summed E-state index contributed by atoms with van der Waals surface area (Å²) in [7, 11) is 2.14. The highest BCUT2D eigenvalue weighted by Gasteiger charge is 2.15. The van der Waals surface area contributed by atoms with Crippen LogP contribution in [0.5, 0.6) is 5.75 Å². The lowest BCUT2D eigenvalue weighted by Gasteiger charge is -2.33. The molecular weight excluding hydrogens is 352 g/mol. The Morgan fingerprint density at radius 1 is 1.14 bits per heavy atom. The average molecular weight is 383 g/mol. The number of carbonyl (C=O) groups is 1. The van der Waals surface area contributed by atoms with Gasteiger partial charge in [-0.05, 0) is 43.7 Å². The van der Waals surface area contributed by atoms with Crippen molar-refractivity contribution in [3.05, 3.63) is 53.7 Å². The smallest absolute Gasteiger partial charge is 0.220 e. The molecule has 0 spiro atoms. The zero-order valence-corrected chi connectivity index (χ0v) is 16.9. The number of anilines is 1. The summed E-state index contributed by atoms with van der Waals surface area (Å²) >= 11 is 0. The zero-order chi connectivity index (χ0) is 19.8. The van der Waals surface area contributed by atoms with Crippen LogP contribution in [0.1, 0.15) is 24.0 Å². The highest BCUT2D eigenvalue weighted by atomic mass is 16.5. The lowest BCUT2D eigenvalue weighted by Crippen LogP contribution is -2.44. The Bertz CT molecular complexity index is 755. The number of carbonyl (C=O) groups excluding carboxylic acids is 1. The number of benzene rings is 1. The molecule has 1 amide bonds. The van der Waals surface area contributed by atoms with Crippen molar-refractivity contribution in [2.24, 2.45) is 0 Å². The van der Waals surface area contributed by atoms with Gasteiger partial charge in [0.05, 0.1) is 6.61 Å². The molecule has 2 heterocycles. The van der Waals surface area contributed by atoms with Crippen molar-refractivity contribution >= 4 is 11.7 Å². The first-order chi connectivity index (χ1) is 13.6. The molecule has 2 aromatic rings. The molecule has 1 aromatic carbocycles. The van der Waals surface area contributed by atoms with Gasteiger partial charge in [0.25, 0.3) is 0 Å². The van der Waals surface area contributed by atoms with Crippen LogP contribution in [0.25, 0.3) is 0 Å². The van der Waals surface area contributed by atoms with Crippen LogP contribution in [0, 0.1) is 6.92 Å². The second kappa shape index (κ2) is 10.1. The van der Waals surface area contributed by atoms with Gasteiger partial charge in [-0.1, -0.05) is 24.3 Å². The molecule has 1 aliphatic heterocycles. The molecule has 1 saturated heterocycles. The third-order valence-electron chi connectivity index (χ3n) is 5.03. The predicted molar refractivity (Wildman–Crippen MR) is 112 cm³/mol. The van der Waals surface area contributed by atoms with E-state index in [0.29, 0.717) is 26.0 Å².